The fourth-order valence-electron chi connectivity index (χ4n) is 2.62. The fourth-order valence-corrected chi connectivity index (χ4v) is 2.76. The van der Waals surface area contributed by atoms with Crippen LogP contribution in [0.3, 0.4) is 0 Å². The van der Waals surface area contributed by atoms with Gasteiger partial charge in [0.25, 0.3) is 10.1 Å². The summed E-state index contributed by atoms with van der Waals surface area (Å²) in [6, 6.07) is 11.2. The summed E-state index contributed by atoms with van der Waals surface area (Å²) in [7, 11) is 2.57. The van der Waals surface area contributed by atoms with E-state index in [-0.39, 0.29) is 72.1 Å². The van der Waals surface area contributed by atoms with E-state index in [0.29, 0.717) is 12.7 Å². The van der Waals surface area contributed by atoms with Crippen LogP contribution in [0.2, 0.25) is 0 Å². The average molecular weight is 861 g/mol. The van der Waals surface area contributed by atoms with Gasteiger partial charge in [-0.3, -0.25) is 22.9 Å². The molecule has 0 radical (unpaired) electrons. The molecule has 1 aliphatic rings. The first-order valence-electron chi connectivity index (χ1n) is 13.7. The summed E-state index contributed by atoms with van der Waals surface area (Å²) in [4.78, 5) is 38.3. The van der Waals surface area contributed by atoms with E-state index >= 15 is 0 Å². The van der Waals surface area contributed by atoms with E-state index in [1.54, 1.807) is 18.3 Å². The number of hydrogen-bond donors (Lipinski definition) is 0. The van der Waals surface area contributed by atoms with Crippen molar-refractivity contribution in [2.75, 3.05) is 54.2 Å². The van der Waals surface area contributed by atoms with E-state index in [9.17, 15) is 31.2 Å². The Bertz CT molecular complexity index is 1590. The summed E-state index contributed by atoms with van der Waals surface area (Å²) >= 11 is 9.53. The van der Waals surface area contributed by atoms with Crippen LogP contribution < -0.4 is 39.4 Å². The Balaban J connectivity index is -0.000000132. The topological polar surface area (TPSA) is 248 Å². The van der Waals surface area contributed by atoms with Crippen molar-refractivity contribution in [3.8, 4) is 0 Å². The summed E-state index contributed by atoms with van der Waals surface area (Å²) in [5, 5.41) is 9.06. The number of rotatable bonds is 8. The Kier molecular flexibility index (Phi) is 44.7. The van der Waals surface area contributed by atoms with Crippen molar-refractivity contribution < 1.29 is 103 Å². The molecule has 0 aromatic carbocycles. The Morgan fingerprint density at radius 3 is 1.76 bits per heavy atom. The van der Waals surface area contributed by atoms with E-state index in [2.05, 4.69) is 31.9 Å². The predicted octanol–water partition coefficient (Wildman–Crippen LogP) is -1.27. The SMILES string of the molecule is C.COC(=O)/C=C1\C=CC=CN1C.COC(=O)Cc1cccc[n+]1C.COC(=O)Cc1ccccn1.COS(=O)(=O)OC.CS(=O)(=O)O[O-].ClCCl.[Na+].[OH-]. The third-order valence-electron chi connectivity index (χ3n) is 5.09. The zero-order valence-corrected chi connectivity index (χ0v) is 35.8. The molecule has 2 aromatic rings. The van der Waals surface area contributed by atoms with Gasteiger partial charge in [0, 0.05) is 43.4 Å². The van der Waals surface area contributed by atoms with Gasteiger partial charge in [-0.1, -0.05) is 25.6 Å². The molecule has 3 heterocycles. The molecule has 304 valence electrons. The van der Waals surface area contributed by atoms with Gasteiger partial charge in [-0.05, 0) is 24.3 Å². The standard InChI is InChI=1S/C9H12NO2.C9H11NO2.C8H9NO2.C2H6O4S.CH2Cl2.CH4O4S.CH4.Na.H2O/c2*1-10-6-4-3-5-8(10)7-9(11)12-2;1-11-8(10)6-7-4-2-3-5-9-7;1-5-7(3,4)6-2;2-1-3;1-6(3,4)5-2;;;/h3-6H,7H2,1-2H3;3-7H,1-2H3;2-5H,6H2,1H3;1-2H3;1H2;2H,1H3;1H4;;1H2/q+1;;;;;;;+1;/p-2/b;8-7+;;;;;;;. The van der Waals surface area contributed by atoms with Gasteiger partial charge in [-0.25, -0.2) is 17.8 Å². The number of aromatic nitrogens is 2. The van der Waals surface area contributed by atoms with Crippen LogP contribution >= 0.6 is 23.2 Å². The summed E-state index contributed by atoms with van der Waals surface area (Å²) < 4.78 is 64.5. The largest absolute Gasteiger partial charge is 1.00 e. The molecule has 0 atom stereocenters. The molecule has 0 spiro atoms. The minimum Gasteiger partial charge on any atom is -0.870 e. The van der Waals surface area contributed by atoms with Crippen LogP contribution in [-0.2, 0) is 81.7 Å². The zero-order valence-electron chi connectivity index (χ0n) is 30.7. The number of aryl methyl sites for hydroxylation is 1. The number of allylic oxidation sites excluding steroid dienone is 3. The summed E-state index contributed by atoms with van der Waals surface area (Å²) in [5.41, 5.74) is 2.51. The van der Waals surface area contributed by atoms with E-state index in [1.807, 2.05) is 78.5 Å². The van der Waals surface area contributed by atoms with Gasteiger partial charge in [0.05, 0.1) is 59.3 Å². The van der Waals surface area contributed by atoms with Gasteiger partial charge in [0.1, 0.15) is 13.5 Å². The van der Waals surface area contributed by atoms with Crippen LogP contribution in [0.4, 0.5) is 0 Å². The Morgan fingerprint density at radius 2 is 1.39 bits per heavy atom. The molecular weight excluding hydrogens is 812 g/mol. The van der Waals surface area contributed by atoms with Crippen LogP contribution in [-0.4, -0.2) is 104 Å². The summed E-state index contributed by atoms with van der Waals surface area (Å²) in [6.45, 7) is 0. The molecular formula is C31H48Cl2N3NaO15S2. The van der Waals surface area contributed by atoms with Crippen molar-refractivity contribution in [3.05, 3.63) is 96.4 Å². The Morgan fingerprint density at radius 1 is 0.889 bits per heavy atom. The molecule has 1 N–H and O–H groups in total. The number of likely N-dealkylation sites (N-methyl/N-ethyl adjacent to an activating group) is 1. The third-order valence-corrected chi connectivity index (χ3v) is 6.15. The number of halogens is 2. The van der Waals surface area contributed by atoms with Crippen LogP contribution in [0.15, 0.2) is 85.0 Å². The molecule has 0 amide bonds. The Hall–Kier alpha value is -2.99. The van der Waals surface area contributed by atoms with Gasteiger partial charge >= 0.3 is 57.9 Å². The molecule has 23 heteroatoms. The van der Waals surface area contributed by atoms with Crippen molar-refractivity contribution in [1.29, 1.82) is 0 Å². The predicted molar refractivity (Wildman–Crippen MR) is 194 cm³/mol. The molecule has 18 nitrogen and oxygen atoms in total. The number of methoxy groups -OCH3 is 3. The second kappa shape index (κ2) is 38.3. The Labute approximate surface area is 350 Å². The van der Waals surface area contributed by atoms with Crippen LogP contribution in [0.1, 0.15) is 18.8 Å². The van der Waals surface area contributed by atoms with Gasteiger partial charge in [-0.15, -0.1) is 23.2 Å². The molecule has 0 bridgehead atoms. The molecule has 2 aromatic heterocycles. The van der Waals surface area contributed by atoms with E-state index in [4.69, 9.17) is 28.5 Å². The van der Waals surface area contributed by atoms with Gasteiger partial charge < -0.3 is 34.2 Å². The minimum absolute atomic E-state index is 0. The summed E-state index contributed by atoms with van der Waals surface area (Å²) in [6.07, 6.45) is 13.7. The number of carbonyl (C=O) groups is 3. The first-order chi connectivity index (χ1) is 23.9. The average Bonchev–Trinajstić information content (AvgIpc) is 3.11. The molecule has 0 saturated carbocycles. The fraction of sp³-hybridized carbons (Fsp3) is 0.387. The zero-order chi connectivity index (χ0) is 39.9. The molecule has 0 fully saturated rings. The minimum atomic E-state index is -3.72. The molecule has 3 rings (SSSR count). The molecule has 1 aliphatic heterocycles. The molecule has 0 saturated heterocycles. The van der Waals surface area contributed by atoms with E-state index in [0.717, 1.165) is 31.3 Å². The number of hydrogen-bond acceptors (Lipinski definition) is 17. The van der Waals surface area contributed by atoms with Gasteiger partial charge in [0.15, 0.2) is 11.9 Å². The van der Waals surface area contributed by atoms with Crippen molar-refractivity contribution in [1.82, 2.24) is 9.88 Å². The summed E-state index contributed by atoms with van der Waals surface area (Å²) in [5.74, 6) is -0.808. The maximum atomic E-state index is 10.9. The third kappa shape index (κ3) is 38.7. The second-order valence-corrected chi connectivity index (χ2v) is 12.5. The first kappa shape index (κ1) is 63.0. The van der Waals surface area contributed by atoms with Crippen LogP contribution in [0.5, 0.6) is 0 Å². The maximum Gasteiger partial charge on any atom is 1.00 e. The van der Waals surface area contributed by atoms with Crippen LogP contribution in [0.25, 0.3) is 0 Å². The maximum absolute atomic E-state index is 10.9. The monoisotopic (exact) mass is 859 g/mol. The smallest absolute Gasteiger partial charge is 0.870 e. The molecule has 0 aliphatic carbocycles. The van der Waals surface area contributed by atoms with E-state index in [1.165, 1.54) is 27.4 Å². The number of pyridine rings is 2. The van der Waals surface area contributed by atoms with Crippen molar-refractivity contribution in [2.24, 2.45) is 7.05 Å². The van der Waals surface area contributed by atoms with Crippen molar-refractivity contribution in [3.63, 3.8) is 0 Å². The first-order valence-corrected chi connectivity index (χ1v) is 18.0. The van der Waals surface area contributed by atoms with Crippen molar-refractivity contribution >= 4 is 61.6 Å². The quantitative estimate of drug-likeness (QED) is 0.0439. The molecule has 54 heavy (non-hydrogen) atoms. The van der Waals surface area contributed by atoms with Gasteiger partial charge in [-0.2, -0.15) is 8.42 Å². The van der Waals surface area contributed by atoms with Gasteiger partial charge in [0.2, 0.25) is 0 Å². The van der Waals surface area contributed by atoms with Crippen molar-refractivity contribution in [2.45, 2.75) is 20.3 Å². The molecule has 0 unspecified atom stereocenters. The number of nitrogens with zero attached hydrogens (tertiary/aromatic N) is 3. The number of ether oxygens (including phenoxy) is 3. The normalized spacial score (nSPS) is 11.2. The number of alkyl halides is 2. The second-order valence-electron chi connectivity index (χ2n) is 8.65. The van der Waals surface area contributed by atoms with Crippen LogP contribution in [0, 0.1) is 0 Å². The number of esters is 3. The van der Waals surface area contributed by atoms with E-state index < -0.39 is 20.5 Å². The number of carbonyl (C=O) groups excluding carboxylic acids is 3.